The second kappa shape index (κ2) is 5.49. The van der Waals surface area contributed by atoms with Crippen molar-refractivity contribution in [3.8, 4) is 11.8 Å². The molecule has 1 aromatic rings. The molecule has 0 fully saturated rings. The molecular formula is C9H6ClNO4S. The van der Waals surface area contributed by atoms with Crippen LogP contribution in [0.15, 0.2) is 0 Å². The molecule has 1 aromatic heterocycles. The average Bonchev–Trinajstić information content (AvgIpc) is 2.61. The Kier molecular flexibility index (Phi) is 4.28. The predicted octanol–water partition coefficient (Wildman–Crippen LogP) is 1.64. The maximum absolute atomic E-state index is 11.3. The van der Waals surface area contributed by atoms with Gasteiger partial charge in [-0.05, 0) is 0 Å². The SMILES string of the molecule is COC(=O)c1sc(Cl)c(C#N)c1OCC=O. The van der Waals surface area contributed by atoms with Crippen molar-refractivity contribution in [3.05, 3.63) is 14.8 Å². The molecule has 84 valence electrons. The van der Waals surface area contributed by atoms with Crippen LogP contribution in [0.4, 0.5) is 0 Å². The van der Waals surface area contributed by atoms with E-state index in [0.29, 0.717) is 6.29 Å². The summed E-state index contributed by atoms with van der Waals surface area (Å²) in [7, 11) is 1.20. The number of carbonyl (C=O) groups excluding carboxylic acids is 2. The van der Waals surface area contributed by atoms with Crippen LogP contribution in [-0.4, -0.2) is 26.0 Å². The summed E-state index contributed by atoms with van der Waals surface area (Å²) in [6.07, 6.45) is 0.508. The van der Waals surface area contributed by atoms with E-state index in [1.165, 1.54) is 7.11 Å². The third kappa shape index (κ3) is 2.32. The number of hydrogen-bond donors (Lipinski definition) is 0. The molecule has 7 heteroatoms. The molecule has 0 N–H and O–H groups in total. The van der Waals surface area contributed by atoms with Gasteiger partial charge in [-0.2, -0.15) is 5.26 Å². The van der Waals surface area contributed by atoms with Crippen LogP contribution in [-0.2, 0) is 9.53 Å². The monoisotopic (exact) mass is 259 g/mol. The number of methoxy groups -OCH3 is 1. The number of esters is 1. The fourth-order valence-corrected chi connectivity index (χ4v) is 2.17. The van der Waals surface area contributed by atoms with Crippen molar-refractivity contribution in [2.75, 3.05) is 13.7 Å². The molecule has 0 amide bonds. The number of halogens is 1. The van der Waals surface area contributed by atoms with E-state index < -0.39 is 5.97 Å². The summed E-state index contributed by atoms with van der Waals surface area (Å²) in [6, 6.07) is 1.80. The lowest BCUT2D eigenvalue weighted by Crippen LogP contribution is -2.05. The van der Waals surface area contributed by atoms with Crippen LogP contribution in [0.2, 0.25) is 4.34 Å². The van der Waals surface area contributed by atoms with E-state index in [1.54, 1.807) is 6.07 Å². The van der Waals surface area contributed by atoms with Gasteiger partial charge in [0.2, 0.25) is 0 Å². The van der Waals surface area contributed by atoms with Crippen LogP contribution in [0, 0.1) is 11.3 Å². The Balaban J connectivity index is 3.22. The topological polar surface area (TPSA) is 76.4 Å². The molecule has 0 aliphatic rings. The van der Waals surface area contributed by atoms with Gasteiger partial charge in [-0.3, -0.25) is 4.79 Å². The van der Waals surface area contributed by atoms with Crippen LogP contribution in [0.3, 0.4) is 0 Å². The lowest BCUT2D eigenvalue weighted by molar-refractivity contribution is -0.109. The minimum atomic E-state index is -0.658. The fraction of sp³-hybridized carbons (Fsp3) is 0.222. The summed E-state index contributed by atoms with van der Waals surface area (Å²) in [6.45, 7) is -0.258. The molecule has 0 atom stereocenters. The smallest absolute Gasteiger partial charge is 0.351 e. The molecule has 5 nitrogen and oxygen atoms in total. The van der Waals surface area contributed by atoms with Crippen LogP contribution in [0.25, 0.3) is 0 Å². The van der Waals surface area contributed by atoms with Crippen molar-refractivity contribution in [1.82, 2.24) is 0 Å². The van der Waals surface area contributed by atoms with Crippen LogP contribution in [0.1, 0.15) is 15.2 Å². The second-order valence-corrected chi connectivity index (χ2v) is 4.11. The number of nitrogens with zero attached hydrogens (tertiary/aromatic N) is 1. The van der Waals surface area contributed by atoms with Gasteiger partial charge in [0.05, 0.1) is 7.11 Å². The normalized spacial score (nSPS) is 9.31. The first-order valence-corrected chi connectivity index (χ1v) is 5.22. The molecule has 1 heterocycles. The Hall–Kier alpha value is -1.58. The van der Waals surface area contributed by atoms with Gasteiger partial charge in [0, 0.05) is 0 Å². The molecule has 0 radical (unpaired) electrons. The van der Waals surface area contributed by atoms with E-state index in [0.717, 1.165) is 11.3 Å². The molecule has 0 spiro atoms. The minimum Gasteiger partial charge on any atom is -0.483 e. The summed E-state index contributed by atoms with van der Waals surface area (Å²) >= 11 is 6.63. The summed E-state index contributed by atoms with van der Waals surface area (Å²) in [5.41, 5.74) is 0.0360. The van der Waals surface area contributed by atoms with Gasteiger partial charge < -0.3 is 9.47 Å². The number of ether oxygens (including phenoxy) is 2. The standard InChI is InChI=1S/C9H6ClNO4S/c1-14-9(13)7-6(15-3-2-12)5(4-11)8(10)16-7/h2H,3H2,1H3. The number of thiophene rings is 1. The van der Waals surface area contributed by atoms with Crippen molar-refractivity contribution < 1.29 is 19.1 Å². The Morgan fingerprint density at radius 3 is 2.88 bits per heavy atom. The number of aldehydes is 1. The molecule has 0 unspecified atom stereocenters. The molecule has 16 heavy (non-hydrogen) atoms. The molecular weight excluding hydrogens is 254 g/mol. The van der Waals surface area contributed by atoms with E-state index in [4.69, 9.17) is 21.6 Å². The van der Waals surface area contributed by atoms with Crippen molar-refractivity contribution in [2.45, 2.75) is 0 Å². The van der Waals surface area contributed by atoms with Crippen LogP contribution >= 0.6 is 22.9 Å². The largest absolute Gasteiger partial charge is 0.483 e. The minimum absolute atomic E-state index is 0.00329. The number of nitriles is 1. The van der Waals surface area contributed by atoms with Crippen LogP contribution in [0.5, 0.6) is 5.75 Å². The van der Waals surface area contributed by atoms with Gasteiger partial charge in [-0.1, -0.05) is 11.6 Å². The van der Waals surface area contributed by atoms with E-state index >= 15 is 0 Å². The van der Waals surface area contributed by atoms with Gasteiger partial charge in [0.15, 0.2) is 16.9 Å². The van der Waals surface area contributed by atoms with Crippen molar-refractivity contribution in [1.29, 1.82) is 5.26 Å². The van der Waals surface area contributed by atoms with E-state index in [9.17, 15) is 9.59 Å². The van der Waals surface area contributed by atoms with Gasteiger partial charge in [-0.25, -0.2) is 4.79 Å². The van der Waals surface area contributed by atoms with Crippen molar-refractivity contribution in [3.63, 3.8) is 0 Å². The third-order valence-electron chi connectivity index (χ3n) is 1.60. The number of rotatable bonds is 4. The van der Waals surface area contributed by atoms with Crippen LogP contribution < -0.4 is 4.74 Å². The summed E-state index contributed by atoms with van der Waals surface area (Å²) in [5, 5.41) is 8.82. The zero-order valence-corrected chi connectivity index (χ0v) is 9.72. The zero-order chi connectivity index (χ0) is 12.1. The van der Waals surface area contributed by atoms with E-state index in [2.05, 4.69) is 4.74 Å². The van der Waals surface area contributed by atoms with Crippen molar-refractivity contribution >= 4 is 35.2 Å². The van der Waals surface area contributed by atoms with Gasteiger partial charge in [0.1, 0.15) is 22.6 Å². The maximum atomic E-state index is 11.3. The lowest BCUT2D eigenvalue weighted by atomic mass is 10.3. The highest BCUT2D eigenvalue weighted by Crippen LogP contribution is 2.38. The van der Waals surface area contributed by atoms with Gasteiger partial charge in [0.25, 0.3) is 0 Å². The number of hydrogen-bond acceptors (Lipinski definition) is 6. The lowest BCUT2D eigenvalue weighted by Gasteiger charge is -2.02. The van der Waals surface area contributed by atoms with E-state index in [1.807, 2.05) is 0 Å². The molecule has 0 aliphatic heterocycles. The molecule has 0 bridgehead atoms. The summed E-state index contributed by atoms with van der Waals surface area (Å²) < 4.78 is 9.62. The molecule has 0 aromatic carbocycles. The maximum Gasteiger partial charge on any atom is 0.351 e. The Labute approximate surface area is 100 Å². The Bertz CT molecular complexity index is 463. The van der Waals surface area contributed by atoms with E-state index in [-0.39, 0.29) is 27.1 Å². The first kappa shape index (κ1) is 12.5. The second-order valence-electron chi connectivity index (χ2n) is 2.49. The molecule has 1 rings (SSSR count). The highest BCUT2D eigenvalue weighted by atomic mass is 35.5. The Morgan fingerprint density at radius 1 is 1.69 bits per heavy atom. The third-order valence-corrected chi connectivity index (χ3v) is 2.96. The number of carbonyl (C=O) groups is 2. The highest BCUT2D eigenvalue weighted by molar-refractivity contribution is 7.18. The zero-order valence-electron chi connectivity index (χ0n) is 8.15. The summed E-state index contributed by atoms with van der Waals surface area (Å²) in [5.74, 6) is -0.661. The first-order valence-electron chi connectivity index (χ1n) is 4.02. The van der Waals surface area contributed by atoms with Gasteiger partial charge in [-0.15, -0.1) is 11.3 Å². The quantitative estimate of drug-likeness (QED) is 0.607. The predicted molar refractivity (Wildman–Crippen MR) is 56.9 cm³/mol. The average molecular weight is 260 g/mol. The molecule has 0 saturated heterocycles. The molecule has 0 saturated carbocycles. The first-order chi connectivity index (χ1) is 7.65. The highest BCUT2D eigenvalue weighted by Gasteiger charge is 2.24. The molecule has 0 aliphatic carbocycles. The summed E-state index contributed by atoms with van der Waals surface area (Å²) in [4.78, 5) is 21.6. The fourth-order valence-electron chi connectivity index (χ4n) is 0.967. The van der Waals surface area contributed by atoms with Crippen molar-refractivity contribution in [2.24, 2.45) is 0 Å². The van der Waals surface area contributed by atoms with Gasteiger partial charge >= 0.3 is 5.97 Å². The Morgan fingerprint density at radius 2 is 2.38 bits per heavy atom.